The van der Waals surface area contributed by atoms with Gasteiger partial charge in [0.25, 0.3) is 0 Å². The Hall–Kier alpha value is -1.08. The molecule has 0 nitrogen and oxygen atoms in total. The summed E-state index contributed by atoms with van der Waals surface area (Å²) in [6.07, 6.45) is 8.14. The molecule has 16 heavy (non-hydrogen) atoms. The Labute approximate surface area is 101 Å². The van der Waals surface area contributed by atoms with Crippen LogP contribution in [0.5, 0.6) is 0 Å². The van der Waals surface area contributed by atoms with Crippen LogP contribution in [0, 0.1) is 13.8 Å². The van der Waals surface area contributed by atoms with Crippen molar-refractivity contribution in [1.82, 2.24) is 0 Å². The van der Waals surface area contributed by atoms with Crippen LogP contribution >= 0.6 is 0 Å². The van der Waals surface area contributed by atoms with Gasteiger partial charge in [-0.05, 0) is 25.8 Å². The second-order valence-electron chi connectivity index (χ2n) is 4.79. The number of hydrogen-bond acceptors (Lipinski definition) is 0. The zero-order valence-electron chi connectivity index (χ0n) is 10.5. The van der Waals surface area contributed by atoms with Crippen LogP contribution in [0.4, 0.5) is 0 Å². The van der Waals surface area contributed by atoms with Crippen LogP contribution in [0.2, 0.25) is 5.54 Å². The fourth-order valence-electron chi connectivity index (χ4n) is 2.58. The molecule has 0 amide bonds. The van der Waals surface area contributed by atoms with Crippen molar-refractivity contribution >= 4 is 14.7 Å². The average Bonchev–Trinajstić information content (AvgIpc) is 2.63. The summed E-state index contributed by atoms with van der Waals surface area (Å²) in [4.78, 5) is 0. The van der Waals surface area contributed by atoms with Crippen molar-refractivity contribution in [1.29, 1.82) is 0 Å². The number of benzene rings is 1. The molecule has 1 atom stereocenters. The topological polar surface area (TPSA) is 0 Å². The summed E-state index contributed by atoms with van der Waals surface area (Å²) in [6.45, 7) is 6.67. The molecule has 2 rings (SSSR count). The van der Waals surface area contributed by atoms with E-state index in [1.165, 1.54) is 17.5 Å². The van der Waals surface area contributed by atoms with Crippen LogP contribution in [0.1, 0.15) is 24.5 Å². The van der Waals surface area contributed by atoms with Crippen molar-refractivity contribution in [3.63, 3.8) is 0 Å². The molecule has 1 aliphatic rings. The minimum absolute atomic E-state index is 0.191. The summed E-state index contributed by atoms with van der Waals surface area (Å²) in [5.74, 6) is 0. The smallest absolute Gasteiger partial charge is 0.0667 e. The Bertz CT molecular complexity index is 420. The Balaban J connectivity index is 2.15. The van der Waals surface area contributed by atoms with Crippen molar-refractivity contribution in [3.8, 4) is 0 Å². The van der Waals surface area contributed by atoms with Gasteiger partial charge in [-0.25, -0.2) is 0 Å². The number of allylic oxidation sites excluding steroid dienone is 4. The molecule has 0 saturated heterocycles. The largest absolute Gasteiger partial charge is 0.0803 e. The summed E-state index contributed by atoms with van der Waals surface area (Å²) in [5, 5.41) is 1.61. The molecular weight excluding hydrogens is 208 g/mol. The number of rotatable bonds is 3. The summed E-state index contributed by atoms with van der Waals surface area (Å²) < 4.78 is 0. The van der Waals surface area contributed by atoms with Crippen molar-refractivity contribution in [2.45, 2.75) is 32.7 Å². The summed E-state index contributed by atoms with van der Waals surface area (Å²) >= 11 is 0. The van der Waals surface area contributed by atoms with E-state index in [9.17, 15) is 0 Å². The van der Waals surface area contributed by atoms with Gasteiger partial charge in [-0.15, -0.1) is 0 Å². The van der Waals surface area contributed by atoms with Crippen molar-refractivity contribution in [3.05, 3.63) is 53.1 Å². The van der Waals surface area contributed by atoms with Crippen LogP contribution in [0.3, 0.4) is 0 Å². The van der Waals surface area contributed by atoms with Crippen molar-refractivity contribution < 1.29 is 0 Å². The third-order valence-corrected chi connectivity index (χ3v) is 5.39. The lowest BCUT2D eigenvalue weighted by Crippen LogP contribution is -2.19. The molecular formula is C15H20Si. The van der Waals surface area contributed by atoms with Crippen molar-refractivity contribution in [2.24, 2.45) is 0 Å². The molecule has 1 unspecified atom stereocenters. The lowest BCUT2D eigenvalue weighted by Gasteiger charge is -2.12. The first kappa shape index (κ1) is 11.4. The number of aryl methyl sites for hydroxylation is 2. The van der Waals surface area contributed by atoms with Gasteiger partial charge in [0.05, 0.1) is 9.52 Å². The van der Waals surface area contributed by atoms with Gasteiger partial charge in [0, 0.05) is 0 Å². The molecule has 0 N–H and O–H groups in total. The van der Waals surface area contributed by atoms with Crippen LogP contribution in [0.15, 0.2) is 42.0 Å². The highest BCUT2D eigenvalue weighted by atomic mass is 28.2. The maximum absolute atomic E-state index is 2.39. The van der Waals surface area contributed by atoms with E-state index in [1.54, 1.807) is 10.8 Å². The van der Waals surface area contributed by atoms with Crippen LogP contribution < -0.4 is 5.19 Å². The Kier molecular flexibility index (Phi) is 3.45. The predicted octanol–water partition coefficient (Wildman–Crippen LogP) is 2.79. The highest BCUT2D eigenvalue weighted by Gasteiger charge is 2.14. The molecule has 0 saturated carbocycles. The van der Waals surface area contributed by atoms with Gasteiger partial charge < -0.3 is 0 Å². The minimum atomic E-state index is -0.191. The van der Waals surface area contributed by atoms with Gasteiger partial charge >= 0.3 is 0 Å². The normalized spacial score (nSPS) is 19.7. The van der Waals surface area contributed by atoms with Gasteiger partial charge in [0.2, 0.25) is 0 Å². The second kappa shape index (κ2) is 4.83. The second-order valence-corrected chi connectivity index (χ2v) is 6.89. The molecule has 0 heterocycles. The zero-order valence-corrected chi connectivity index (χ0v) is 11.9. The molecule has 0 aliphatic heterocycles. The molecule has 0 fully saturated rings. The lowest BCUT2D eigenvalue weighted by atomic mass is 10.2. The molecule has 0 aromatic heterocycles. The van der Waals surface area contributed by atoms with E-state index in [0.29, 0.717) is 0 Å². The maximum Gasteiger partial charge on any atom is 0.0667 e. The molecule has 0 radical (unpaired) electrons. The van der Waals surface area contributed by atoms with Gasteiger partial charge in [0.1, 0.15) is 0 Å². The first-order valence-electron chi connectivity index (χ1n) is 6.13. The number of hydrogen-bond donors (Lipinski definition) is 0. The summed E-state index contributed by atoms with van der Waals surface area (Å²) in [5.41, 5.74) is 5.22. The van der Waals surface area contributed by atoms with Crippen LogP contribution in [-0.2, 0) is 0 Å². The standard InChI is InChI=1S/C15H20Si/c1-4-13-6-5-7-15(13)16-14-9-11(2)8-12(3)10-14/h5-10,15H,4,16H2,1-3H3. The molecule has 0 bridgehead atoms. The van der Waals surface area contributed by atoms with Gasteiger partial charge in [-0.1, -0.05) is 65.2 Å². The van der Waals surface area contributed by atoms with E-state index in [0.717, 1.165) is 5.54 Å². The molecule has 1 aromatic carbocycles. The van der Waals surface area contributed by atoms with E-state index < -0.39 is 0 Å². The highest BCUT2D eigenvalue weighted by Crippen LogP contribution is 2.26. The highest BCUT2D eigenvalue weighted by molar-refractivity contribution is 6.56. The summed E-state index contributed by atoms with van der Waals surface area (Å²) in [7, 11) is -0.191. The molecule has 0 spiro atoms. The SMILES string of the molecule is CCC1=CC=CC1[SiH2]c1cc(C)cc(C)c1. The monoisotopic (exact) mass is 228 g/mol. The van der Waals surface area contributed by atoms with Gasteiger partial charge in [-0.3, -0.25) is 0 Å². The fourth-order valence-corrected chi connectivity index (χ4v) is 4.95. The Morgan fingerprint density at radius 1 is 1.12 bits per heavy atom. The first-order valence-corrected chi connectivity index (χ1v) is 7.66. The maximum atomic E-state index is 2.39. The first-order chi connectivity index (χ1) is 7.69. The molecule has 1 aromatic rings. The van der Waals surface area contributed by atoms with Crippen LogP contribution in [0.25, 0.3) is 0 Å². The van der Waals surface area contributed by atoms with E-state index >= 15 is 0 Å². The Morgan fingerprint density at radius 2 is 1.81 bits per heavy atom. The van der Waals surface area contributed by atoms with Gasteiger partial charge in [-0.2, -0.15) is 0 Å². The Morgan fingerprint density at radius 3 is 2.44 bits per heavy atom. The minimum Gasteiger partial charge on any atom is -0.0803 e. The van der Waals surface area contributed by atoms with E-state index in [1.807, 2.05) is 0 Å². The van der Waals surface area contributed by atoms with Crippen LogP contribution in [-0.4, -0.2) is 9.52 Å². The van der Waals surface area contributed by atoms with E-state index in [4.69, 9.17) is 0 Å². The van der Waals surface area contributed by atoms with E-state index in [-0.39, 0.29) is 9.52 Å². The molecule has 1 aliphatic carbocycles. The van der Waals surface area contributed by atoms with E-state index in [2.05, 4.69) is 57.2 Å². The predicted molar refractivity (Wildman–Crippen MR) is 75.4 cm³/mol. The third-order valence-electron chi connectivity index (χ3n) is 3.28. The van der Waals surface area contributed by atoms with Crippen molar-refractivity contribution in [2.75, 3.05) is 0 Å². The fraction of sp³-hybridized carbons (Fsp3) is 0.333. The average molecular weight is 228 g/mol. The molecule has 1 heteroatoms. The quantitative estimate of drug-likeness (QED) is 0.698. The molecule has 84 valence electrons. The summed E-state index contributed by atoms with van der Waals surface area (Å²) in [6, 6.07) is 7.01. The van der Waals surface area contributed by atoms with Gasteiger partial charge in [0.15, 0.2) is 0 Å². The lowest BCUT2D eigenvalue weighted by molar-refractivity contribution is 1.04. The third kappa shape index (κ3) is 2.53. The zero-order chi connectivity index (χ0) is 11.5.